The molecule has 0 radical (unpaired) electrons. The molecule has 1 heterocycles. The maximum absolute atomic E-state index is 10.5. The summed E-state index contributed by atoms with van der Waals surface area (Å²) in [5, 5.41) is 10.5. The van der Waals surface area contributed by atoms with Gasteiger partial charge in [0.2, 0.25) is 0 Å². The van der Waals surface area contributed by atoms with Gasteiger partial charge in [0.1, 0.15) is 11.9 Å². The van der Waals surface area contributed by atoms with E-state index in [1.165, 1.54) is 0 Å². The summed E-state index contributed by atoms with van der Waals surface area (Å²) in [7, 11) is 0. The van der Waals surface area contributed by atoms with Crippen LogP contribution in [-0.2, 0) is 0 Å². The fourth-order valence-electron chi connectivity index (χ4n) is 2.28. The van der Waals surface area contributed by atoms with E-state index in [4.69, 9.17) is 4.74 Å². The second-order valence-electron chi connectivity index (χ2n) is 5.09. The third-order valence-electron chi connectivity index (χ3n) is 3.12. The molecule has 1 aliphatic heterocycles. The van der Waals surface area contributed by atoms with Crippen molar-refractivity contribution in [2.75, 3.05) is 0 Å². The Labute approximate surface area is 117 Å². The highest BCUT2D eigenvalue weighted by Crippen LogP contribution is 2.50. The van der Waals surface area contributed by atoms with Crippen LogP contribution in [0.2, 0.25) is 0 Å². The number of para-hydroxylation sites is 1. The van der Waals surface area contributed by atoms with E-state index < -0.39 is 6.10 Å². The van der Waals surface area contributed by atoms with E-state index in [1.807, 2.05) is 62.4 Å². The molecule has 1 unspecified atom stereocenters. The molecule has 3 rings (SSSR count). The fourth-order valence-corrected chi connectivity index (χ4v) is 3.34. The van der Waals surface area contributed by atoms with Gasteiger partial charge in [-0.15, -0.1) is 0 Å². The SMILES string of the molecule is CC1(C)Oc2c(cccc2C(O)c2ccccc2)S1. The van der Waals surface area contributed by atoms with Gasteiger partial charge in [-0.3, -0.25) is 0 Å². The average Bonchev–Trinajstić information content (AvgIpc) is 2.72. The molecule has 0 spiro atoms. The number of hydrogen-bond acceptors (Lipinski definition) is 3. The van der Waals surface area contributed by atoms with E-state index in [2.05, 4.69) is 0 Å². The summed E-state index contributed by atoms with van der Waals surface area (Å²) < 4.78 is 5.97. The zero-order valence-electron chi connectivity index (χ0n) is 11.0. The van der Waals surface area contributed by atoms with Crippen LogP contribution in [0.3, 0.4) is 0 Å². The number of thioether (sulfide) groups is 1. The van der Waals surface area contributed by atoms with Gasteiger partial charge >= 0.3 is 0 Å². The van der Waals surface area contributed by atoms with Crippen LogP contribution in [0.1, 0.15) is 31.1 Å². The van der Waals surface area contributed by atoms with Crippen LogP contribution in [0.15, 0.2) is 53.4 Å². The summed E-state index contributed by atoms with van der Waals surface area (Å²) in [6, 6.07) is 15.6. The average molecular weight is 272 g/mol. The quantitative estimate of drug-likeness (QED) is 0.896. The standard InChI is InChI=1S/C16H16O2S/c1-16(2)18-15-12(9-6-10-13(15)19-16)14(17)11-7-4-3-5-8-11/h3-10,14,17H,1-2H3. The Hall–Kier alpha value is -1.45. The molecule has 98 valence electrons. The molecule has 2 nitrogen and oxygen atoms in total. The van der Waals surface area contributed by atoms with Gasteiger partial charge in [0, 0.05) is 5.56 Å². The van der Waals surface area contributed by atoms with Gasteiger partial charge in [-0.25, -0.2) is 0 Å². The molecule has 2 aromatic rings. The highest BCUT2D eigenvalue weighted by Gasteiger charge is 2.34. The van der Waals surface area contributed by atoms with Crippen molar-refractivity contribution in [1.29, 1.82) is 0 Å². The fraction of sp³-hybridized carbons (Fsp3) is 0.250. The molecule has 1 aliphatic rings. The maximum Gasteiger partial charge on any atom is 0.153 e. The molecule has 0 saturated carbocycles. The Kier molecular flexibility index (Phi) is 3.03. The predicted molar refractivity (Wildman–Crippen MR) is 77.5 cm³/mol. The van der Waals surface area contributed by atoms with Crippen molar-refractivity contribution in [3.8, 4) is 5.75 Å². The monoisotopic (exact) mass is 272 g/mol. The van der Waals surface area contributed by atoms with E-state index >= 15 is 0 Å². The van der Waals surface area contributed by atoms with Gasteiger partial charge in [0.15, 0.2) is 4.93 Å². The van der Waals surface area contributed by atoms with Crippen molar-refractivity contribution >= 4 is 11.8 Å². The molecule has 19 heavy (non-hydrogen) atoms. The largest absolute Gasteiger partial charge is 0.475 e. The van der Waals surface area contributed by atoms with E-state index in [0.717, 1.165) is 21.8 Å². The van der Waals surface area contributed by atoms with Crippen molar-refractivity contribution in [3.63, 3.8) is 0 Å². The Bertz CT molecular complexity index is 593. The first kappa shape index (κ1) is 12.6. The van der Waals surface area contributed by atoms with Crippen LogP contribution in [0, 0.1) is 0 Å². The van der Waals surface area contributed by atoms with Crippen LogP contribution in [0.5, 0.6) is 5.75 Å². The number of hydrogen-bond donors (Lipinski definition) is 1. The minimum absolute atomic E-state index is 0.269. The number of benzene rings is 2. The summed E-state index contributed by atoms with van der Waals surface area (Å²) in [6.07, 6.45) is -0.648. The molecule has 1 atom stereocenters. The first-order valence-electron chi connectivity index (χ1n) is 6.31. The van der Waals surface area contributed by atoms with Crippen molar-refractivity contribution < 1.29 is 9.84 Å². The molecule has 0 saturated heterocycles. The topological polar surface area (TPSA) is 29.5 Å². The third-order valence-corrected chi connectivity index (χ3v) is 4.24. The van der Waals surface area contributed by atoms with Crippen LogP contribution >= 0.6 is 11.8 Å². The van der Waals surface area contributed by atoms with Crippen LogP contribution in [0.4, 0.5) is 0 Å². The summed E-state index contributed by atoms with van der Waals surface area (Å²) in [5.41, 5.74) is 1.72. The van der Waals surface area contributed by atoms with E-state index in [1.54, 1.807) is 11.8 Å². The first-order valence-corrected chi connectivity index (χ1v) is 7.12. The molecule has 1 N–H and O–H groups in total. The summed E-state index contributed by atoms with van der Waals surface area (Å²) >= 11 is 1.69. The molecular formula is C16H16O2S. The van der Waals surface area contributed by atoms with Crippen LogP contribution in [-0.4, -0.2) is 10.0 Å². The molecule has 2 aromatic carbocycles. The van der Waals surface area contributed by atoms with Crippen LogP contribution < -0.4 is 4.74 Å². The maximum atomic E-state index is 10.5. The Morgan fingerprint density at radius 3 is 2.53 bits per heavy atom. The summed E-state index contributed by atoms with van der Waals surface area (Å²) in [4.78, 5) is 0.826. The minimum Gasteiger partial charge on any atom is -0.475 e. The summed E-state index contributed by atoms with van der Waals surface area (Å²) in [6.45, 7) is 4.08. The predicted octanol–water partition coefficient (Wildman–Crippen LogP) is 3.99. The molecule has 0 fully saturated rings. The van der Waals surface area contributed by atoms with E-state index in [0.29, 0.717) is 0 Å². The van der Waals surface area contributed by atoms with Gasteiger partial charge < -0.3 is 9.84 Å². The van der Waals surface area contributed by atoms with Crippen molar-refractivity contribution in [2.24, 2.45) is 0 Å². The smallest absolute Gasteiger partial charge is 0.153 e. The molecule has 0 amide bonds. The van der Waals surface area contributed by atoms with Gasteiger partial charge in [-0.1, -0.05) is 54.2 Å². The first-order chi connectivity index (χ1) is 9.07. The number of ether oxygens (including phenoxy) is 1. The lowest BCUT2D eigenvalue weighted by Crippen LogP contribution is -2.19. The van der Waals surface area contributed by atoms with Gasteiger partial charge in [-0.05, 0) is 25.5 Å². The molecular weight excluding hydrogens is 256 g/mol. The second kappa shape index (κ2) is 4.58. The zero-order valence-corrected chi connectivity index (χ0v) is 11.8. The van der Waals surface area contributed by atoms with Gasteiger partial charge in [-0.2, -0.15) is 0 Å². The second-order valence-corrected chi connectivity index (χ2v) is 6.72. The molecule has 3 heteroatoms. The van der Waals surface area contributed by atoms with Crippen LogP contribution in [0.25, 0.3) is 0 Å². The number of rotatable bonds is 2. The molecule has 0 bridgehead atoms. The van der Waals surface area contributed by atoms with Crippen molar-refractivity contribution in [1.82, 2.24) is 0 Å². The Morgan fingerprint density at radius 1 is 1.05 bits per heavy atom. The van der Waals surface area contributed by atoms with Crippen molar-refractivity contribution in [3.05, 3.63) is 59.7 Å². The van der Waals surface area contributed by atoms with Gasteiger partial charge in [0.25, 0.3) is 0 Å². The third kappa shape index (κ3) is 2.36. The van der Waals surface area contributed by atoms with E-state index in [-0.39, 0.29) is 4.93 Å². The lowest BCUT2D eigenvalue weighted by atomic mass is 10.0. The zero-order chi connectivity index (χ0) is 13.5. The minimum atomic E-state index is -0.648. The highest BCUT2D eigenvalue weighted by atomic mass is 32.2. The molecule has 0 aliphatic carbocycles. The Balaban J connectivity index is 2.02. The van der Waals surface area contributed by atoms with Gasteiger partial charge in [0.05, 0.1) is 4.90 Å². The number of aliphatic hydroxyl groups is 1. The number of fused-ring (bicyclic) bond motifs is 1. The van der Waals surface area contributed by atoms with Crippen molar-refractivity contribution in [2.45, 2.75) is 29.8 Å². The lowest BCUT2D eigenvalue weighted by molar-refractivity contribution is 0.187. The summed E-state index contributed by atoms with van der Waals surface area (Å²) in [5.74, 6) is 0.814. The molecule has 0 aromatic heterocycles. The lowest BCUT2D eigenvalue weighted by Gasteiger charge is -2.19. The number of aliphatic hydroxyl groups excluding tert-OH is 1. The highest BCUT2D eigenvalue weighted by molar-refractivity contribution is 8.00. The normalized spacial score (nSPS) is 17.6. The van der Waals surface area contributed by atoms with E-state index in [9.17, 15) is 5.11 Å². The Morgan fingerprint density at radius 2 is 1.79 bits per heavy atom.